The lowest BCUT2D eigenvalue weighted by Crippen LogP contribution is -1.99. The van der Waals surface area contributed by atoms with Crippen LogP contribution in [0.5, 0.6) is 5.75 Å². The van der Waals surface area contributed by atoms with E-state index >= 15 is 0 Å². The van der Waals surface area contributed by atoms with Crippen LogP contribution in [0.2, 0.25) is 0 Å². The van der Waals surface area contributed by atoms with Gasteiger partial charge in [0, 0.05) is 17.5 Å². The van der Waals surface area contributed by atoms with Crippen molar-refractivity contribution in [2.24, 2.45) is 0 Å². The summed E-state index contributed by atoms with van der Waals surface area (Å²) in [6, 6.07) is 1.99. The molecule has 0 amide bonds. The largest absolute Gasteiger partial charge is 0.495 e. The van der Waals surface area contributed by atoms with E-state index < -0.39 is 0 Å². The number of Topliss-reactive ketones (excluding diaryl/α,β-unsaturated/α-hetero) is 1. The molecule has 0 aromatic heterocycles. The number of benzene rings is 1. The lowest BCUT2D eigenvalue weighted by atomic mass is 10.0. The molecule has 0 N–H and O–H groups in total. The van der Waals surface area contributed by atoms with Gasteiger partial charge in [-0.15, -0.1) is 0 Å². The minimum absolute atomic E-state index is 0.239. The van der Waals surface area contributed by atoms with Gasteiger partial charge in [-0.1, -0.05) is 0 Å². The molecule has 0 spiro atoms. The molecule has 0 aliphatic heterocycles. The van der Waals surface area contributed by atoms with E-state index in [0.29, 0.717) is 6.42 Å². The Hall–Kier alpha value is -0.830. The van der Waals surface area contributed by atoms with Crippen LogP contribution in [0.3, 0.4) is 0 Å². The first-order chi connectivity index (χ1) is 6.65. The summed E-state index contributed by atoms with van der Waals surface area (Å²) in [6.45, 7) is 1.94. The molecule has 0 saturated heterocycles. The number of carbonyl (C=O) groups is 1. The summed E-state index contributed by atoms with van der Waals surface area (Å²) >= 11 is 3.44. The van der Waals surface area contributed by atoms with Crippen LogP contribution in [-0.2, 0) is 6.42 Å². The summed E-state index contributed by atoms with van der Waals surface area (Å²) in [7, 11) is 1.62. The van der Waals surface area contributed by atoms with E-state index in [2.05, 4.69) is 15.9 Å². The zero-order valence-corrected chi connectivity index (χ0v) is 9.77. The van der Waals surface area contributed by atoms with Crippen molar-refractivity contribution in [3.8, 4) is 5.75 Å². The van der Waals surface area contributed by atoms with Crippen LogP contribution in [0.4, 0.5) is 0 Å². The first-order valence-corrected chi connectivity index (χ1v) is 5.33. The van der Waals surface area contributed by atoms with Gasteiger partial charge in [0.25, 0.3) is 0 Å². The standard InChI is InChI=1S/C11H11BrO2/c1-6-10-7(3-4-9(10)13)5-8(12)11(6)14-2/h5H,3-4H2,1-2H3. The molecule has 74 valence electrons. The normalized spacial score (nSPS) is 14.4. The Morgan fingerprint density at radius 3 is 2.79 bits per heavy atom. The highest BCUT2D eigenvalue weighted by Gasteiger charge is 2.24. The zero-order valence-electron chi connectivity index (χ0n) is 8.19. The third kappa shape index (κ3) is 1.27. The number of hydrogen-bond acceptors (Lipinski definition) is 2. The summed E-state index contributed by atoms with van der Waals surface area (Å²) in [5.74, 6) is 1.02. The van der Waals surface area contributed by atoms with E-state index in [-0.39, 0.29) is 5.78 Å². The van der Waals surface area contributed by atoms with Crippen LogP contribution in [0, 0.1) is 6.92 Å². The van der Waals surface area contributed by atoms with Crippen molar-refractivity contribution < 1.29 is 9.53 Å². The second-order valence-electron chi connectivity index (χ2n) is 3.47. The average molecular weight is 255 g/mol. The zero-order chi connectivity index (χ0) is 10.3. The fraction of sp³-hybridized carbons (Fsp3) is 0.364. The number of rotatable bonds is 1. The van der Waals surface area contributed by atoms with Crippen LogP contribution < -0.4 is 4.74 Å². The summed E-state index contributed by atoms with van der Waals surface area (Å²) in [5, 5.41) is 0. The molecule has 0 fully saturated rings. The number of methoxy groups -OCH3 is 1. The lowest BCUT2D eigenvalue weighted by Gasteiger charge is -2.11. The smallest absolute Gasteiger partial charge is 0.163 e. The molecular weight excluding hydrogens is 244 g/mol. The molecule has 14 heavy (non-hydrogen) atoms. The van der Waals surface area contributed by atoms with Crippen molar-refractivity contribution in [1.29, 1.82) is 0 Å². The Morgan fingerprint density at radius 1 is 1.43 bits per heavy atom. The summed E-state index contributed by atoms with van der Waals surface area (Å²) in [5.41, 5.74) is 2.96. The Morgan fingerprint density at radius 2 is 2.14 bits per heavy atom. The molecule has 2 rings (SSSR count). The average Bonchev–Trinajstić information content (AvgIpc) is 2.48. The maximum atomic E-state index is 11.6. The van der Waals surface area contributed by atoms with Crippen LogP contribution in [0.1, 0.15) is 27.9 Å². The molecule has 0 radical (unpaired) electrons. The fourth-order valence-corrected chi connectivity index (χ4v) is 2.77. The molecule has 0 unspecified atom stereocenters. The molecule has 0 saturated carbocycles. The maximum Gasteiger partial charge on any atom is 0.163 e. The first-order valence-electron chi connectivity index (χ1n) is 4.54. The van der Waals surface area contributed by atoms with Crippen LogP contribution in [0.25, 0.3) is 0 Å². The van der Waals surface area contributed by atoms with Crippen molar-refractivity contribution in [2.75, 3.05) is 7.11 Å². The predicted molar refractivity (Wildman–Crippen MR) is 58.1 cm³/mol. The molecule has 1 aliphatic carbocycles. The number of halogens is 1. The van der Waals surface area contributed by atoms with Crippen LogP contribution in [0.15, 0.2) is 10.5 Å². The molecule has 0 atom stereocenters. The molecule has 0 heterocycles. The van der Waals surface area contributed by atoms with Gasteiger partial charge in [0.1, 0.15) is 5.75 Å². The fourth-order valence-electron chi connectivity index (χ4n) is 2.03. The van der Waals surface area contributed by atoms with Crippen molar-refractivity contribution in [3.63, 3.8) is 0 Å². The van der Waals surface area contributed by atoms with Gasteiger partial charge < -0.3 is 4.74 Å². The van der Waals surface area contributed by atoms with E-state index in [1.807, 2.05) is 13.0 Å². The second kappa shape index (κ2) is 3.39. The quantitative estimate of drug-likeness (QED) is 0.771. The number of aryl methyl sites for hydroxylation is 1. The summed E-state index contributed by atoms with van der Waals surface area (Å²) in [4.78, 5) is 11.6. The van der Waals surface area contributed by atoms with E-state index in [0.717, 1.165) is 33.3 Å². The highest BCUT2D eigenvalue weighted by molar-refractivity contribution is 9.10. The highest BCUT2D eigenvalue weighted by atomic mass is 79.9. The van der Waals surface area contributed by atoms with E-state index in [1.54, 1.807) is 7.11 Å². The predicted octanol–water partition coefficient (Wildman–Crippen LogP) is 2.90. The maximum absolute atomic E-state index is 11.6. The van der Waals surface area contributed by atoms with Gasteiger partial charge in [-0.05, 0) is 40.9 Å². The highest BCUT2D eigenvalue weighted by Crippen LogP contribution is 2.37. The number of ether oxygens (including phenoxy) is 1. The van der Waals surface area contributed by atoms with Crippen molar-refractivity contribution in [2.45, 2.75) is 19.8 Å². The van der Waals surface area contributed by atoms with Gasteiger partial charge in [-0.2, -0.15) is 0 Å². The first kappa shape index (κ1) is 9.71. The number of carbonyl (C=O) groups excluding carboxylic acids is 1. The Labute approximate surface area is 91.4 Å². The summed E-state index contributed by atoms with van der Waals surface area (Å²) in [6.07, 6.45) is 1.49. The molecule has 0 bridgehead atoms. The van der Waals surface area contributed by atoms with Crippen LogP contribution >= 0.6 is 15.9 Å². The third-order valence-corrected chi connectivity index (χ3v) is 3.25. The molecule has 1 aliphatic rings. The topological polar surface area (TPSA) is 26.3 Å². The summed E-state index contributed by atoms with van der Waals surface area (Å²) < 4.78 is 6.19. The van der Waals surface area contributed by atoms with Crippen molar-refractivity contribution in [3.05, 3.63) is 27.2 Å². The Kier molecular flexibility index (Phi) is 2.35. The molecule has 1 aromatic carbocycles. The van der Waals surface area contributed by atoms with Gasteiger partial charge in [0.15, 0.2) is 5.78 Å². The van der Waals surface area contributed by atoms with Crippen molar-refractivity contribution in [1.82, 2.24) is 0 Å². The SMILES string of the molecule is COc1c(Br)cc2c(c1C)C(=O)CC2. The van der Waals surface area contributed by atoms with E-state index in [9.17, 15) is 4.79 Å². The number of hydrogen-bond donors (Lipinski definition) is 0. The number of ketones is 1. The minimum Gasteiger partial charge on any atom is -0.495 e. The molecule has 2 nitrogen and oxygen atoms in total. The van der Waals surface area contributed by atoms with Gasteiger partial charge in [0.05, 0.1) is 11.6 Å². The Bertz CT molecular complexity index is 410. The lowest BCUT2D eigenvalue weighted by molar-refractivity contribution is 0.0994. The number of fused-ring (bicyclic) bond motifs is 1. The monoisotopic (exact) mass is 254 g/mol. The van der Waals surface area contributed by atoms with Gasteiger partial charge in [-0.3, -0.25) is 4.79 Å². The molecule has 1 aromatic rings. The van der Waals surface area contributed by atoms with E-state index in [4.69, 9.17) is 4.74 Å². The second-order valence-corrected chi connectivity index (χ2v) is 4.33. The van der Waals surface area contributed by atoms with Gasteiger partial charge in [0.2, 0.25) is 0 Å². The van der Waals surface area contributed by atoms with Crippen LogP contribution in [-0.4, -0.2) is 12.9 Å². The van der Waals surface area contributed by atoms with E-state index in [1.165, 1.54) is 0 Å². The third-order valence-electron chi connectivity index (χ3n) is 2.66. The van der Waals surface area contributed by atoms with Gasteiger partial charge in [-0.25, -0.2) is 0 Å². The van der Waals surface area contributed by atoms with Gasteiger partial charge >= 0.3 is 0 Å². The molecule has 3 heteroatoms. The molecular formula is C11H11BrO2. The Balaban J connectivity index is 2.70. The van der Waals surface area contributed by atoms with Crippen molar-refractivity contribution >= 4 is 21.7 Å². The minimum atomic E-state index is 0.239.